The average molecular weight is 276 g/mol. The molecule has 0 atom stereocenters. The van der Waals surface area contributed by atoms with Crippen LogP contribution in [0.15, 0.2) is 48.5 Å². The second kappa shape index (κ2) is 11.9. The Morgan fingerprint density at radius 1 is 0.667 bits per heavy atom. The van der Waals surface area contributed by atoms with Crippen LogP contribution in [0.3, 0.4) is 0 Å². The molecule has 0 nitrogen and oxygen atoms in total. The van der Waals surface area contributed by atoms with Crippen molar-refractivity contribution in [2.24, 2.45) is 0 Å². The summed E-state index contributed by atoms with van der Waals surface area (Å²) in [7, 11) is 0. The Morgan fingerprint density at radius 2 is 0.867 bits per heavy atom. The molecule has 0 spiro atoms. The molecule has 2 aromatic rings. The van der Waals surface area contributed by atoms with Gasteiger partial charge in [-0.25, -0.2) is 0 Å². The maximum Gasteiger partial charge on any atom is 0 e. The number of benzene rings is 2. The summed E-state index contributed by atoms with van der Waals surface area (Å²) in [5.74, 6) is 0. The van der Waals surface area contributed by atoms with E-state index in [2.05, 4.69) is 55.5 Å². The Hall–Kier alpha value is -0.196. The maximum atomic E-state index is 3.25. The first kappa shape index (κ1) is 17.2. The van der Waals surface area contributed by atoms with E-state index in [0.717, 1.165) is 0 Å². The molecule has 2 aromatic carbocycles. The van der Waals surface area contributed by atoms with E-state index in [9.17, 15) is 0 Å². The third-order valence-corrected chi connectivity index (χ3v) is 1.66. The van der Waals surface area contributed by atoms with Crippen LogP contribution in [-0.4, -0.2) is 0 Å². The first-order valence-corrected chi connectivity index (χ1v) is 5.11. The van der Waals surface area contributed by atoms with Gasteiger partial charge in [0.1, 0.15) is 0 Å². The molecule has 0 fully saturated rings. The van der Waals surface area contributed by atoms with Crippen LogP contribution in [0.5, 0.6) is 0 Å². The van der Waals surface area contributed by atoms with Crippen molar-refractivity contribution in [3.63, 3.8) is 0 Å². The summed E-state index contributed by atoms with van der Waals surface area (Å²) in [5.41, 5.74) is 0. The second-order valence-corrected chi connectivity index (χ2v) is 2.35. The zero-order chi connectivity index (χ0) is 10.8. The van der Waals surface area contributed by atoms with Crippen molar-refractivity contribution < 1.29 is 32.7 Å². The van der Waals surface area contributed by atoms with Gasteiger partial charge < -0.3 is 6.92 Å². The Bertz CT molecular complexity index is 276. The van der Waals surface area contributed by atoms with Gasteiger partial charge in [-0.05, 0) is 10.8 Å². The molecule has 0 aromatic heterocycles. The normalized spacial score (nSPS) is 7.47. The predicted molar refractivity (Wildman–Crippen MR) is 66.3 cm³/mol. The molecule has 0 heterocycles. The molecule has 0 saturated carbocycles. The monoisotopic (exact) mass is 276 g/mol. The average Bonchev–Trinajstić information content (AvgIpc) is 2.34. The van der Waals surface area contributed by atoms with Crippen LogP contribution in [0.2, 0.25) is 0 Å². The minimum atomic E-state index is 0. The smallest absolute Gasteiger partial charge is 0 e. The van der Waals surface area contributed by atoms with Crippen LogP contribution >= 0.6 is 0 Å². The van der Waals surface area contributed by atoms with Gasteiger partial charge in [-0.1, -0.05) is 62.4 Å². The van der Waals surface area contributed by atoms with E-state index in [4.69, 9.17) is 0 Å². The van der Waals surface area contributed by atoms with Gasteiger partial charge in [0.15, 0.2) is 0 Å². The van der Waals surface area contributed by atoms with Crippen molar-refractivity contribution in [1.82, 2.24) is 0 Å². The summed E-state index contributed by atoms with van der Waals surface area (Å²) >= 11 is 0. The topological polar surface area (TPSA) is 0 Å². The van der Waals surface area contributed by atoms with Gasteiger partial charge in [0.05, 0.1) is 0 Å². The van der Waals surface area contributed by atoms with E-state index in [1.807, 2.05) is 13.8 Å². The summed E-state index contributed by atoms with van der Waals surface area (Å²) < 4.78 is 0. The fourth-order valence-corrected chi connectivity index (χ4v) is 1.13. The minimum Gasteiger partial charge on any atom is -0.346 e. The number of rotatable bonds is 0. The van der Waals surface area contributed by atoms with Crippen LogP contribution in [0.4, 0.5) is 0 Å². The summed E-state index contributed by atoms with van der Waals surface area (Å²) in [6, 6.07) is 16.7. The van der Waals surface area contributed by atoms with Crippen molar-refractivity contribution in [2.75, 3.05) is 0 Å². The molecule has 0 saturated heterocycles. The molecular formula is C14H19Y-. The van der Waals surface area contributed by atoms with Gasteiger partial charge in [0.25, 0.3) is 0 Å². The molecule has 1 heteroatoms. The largest absolute Gasteiger partial charge is 0.346 e. The first-order valence-electron chi connectivity index (χ1n) is 5.11. The van der Waals surface area contributed by atoms with Gasteiger partial charge in [0, 0.05) is 32.7 Å². The fraction of sp³-hybridized carbons (Fsp3) is 0.214. The SMILES string of the molecule is CC.[CH2-]C.[Y].c1ccc2ccccc2c1. The maximum absolute atomic E-state index is 3.25. The quantitative estimate of drug-likeness (QED) is 0.612. The van der Waals surface area contributed by atoms with E-state index in [1.165, 1.54) is 10.8 Å². The van der Waals surface area contributed by atoms with E-state index in [1.54, 1.807) is 6.92 Å². The molecular weight excluding hydrogens is 257 g/mol. The first-order chi connectivity index (χ1) is 6.97. The second-order valence-electron chi connectivity index (χ2n) is 2.35. The summed E-state index contributed by atoms with van der Waals surface area (Å²) in [6.45, 7) is 9.00. The molecule has 0 aliphatic carbocycles. The molecule has 15 heavy (non-hydrogen) atoms. The number of hydrogen-bond donors (Lipinski definition) is 0. The van der Waals surface area contributed by atoms with Crippen molar-refractivity contribution in [1.29, 1.82) is 0 Å². The standard InChI is InChI=1S/C10H8.C2H6.C2H5.Y/c1-2-6-10-8-4-3-7-9(10)5-1;2*1-2;/h1-8H;1-2H3;1H2,2H3;/q;;-1;. The Labute approximate surface area is 119 Å². The number of fused-ring (bicyclic) bond motifs is 1. The molecule has 0 amide bonds. The summed E-state index contributed by atoms with van der Waals surface area (Å²) in [5, 5.41) is 2.62. The summed E-state index contributed by atoms with van der Waals surface area (Å²) in [6.07, 6.45) is 0. The van der Waals surface area contributed by atoms with Crippen LogP contribution < -0.4 is 0 Å². The molecule has 0 unspecified atom stereocenters. The van der Waals surface area contributed by atoms with Gasteiger partial charge in [-0.15, -0.1) is 0 Å². The van der Waals surface area contributed by atoms with E-state index < -0.39 is 0 Å². The van der Waals surface area contributed by atoms with Crippen LogP contribution in [0.1, 0.15) is 20.8 Å². The zero-order valence-electron chi connectivity index (χ0n) is 9.90. The van der Waals surface area contributed by atoms with Crippen LogP contribution in [0.25, 0.3) is 10.8 Å². The zero-order valence-corrected chi connectivity index (χ0v) is 12.7. The van der Waals surface area contributed by atoms with Crippen molar-refractivity contribution in [3.8, 4) is 0 Å². The van der Waals surface area contributed by atoms with Crippen molar-refractivity contribution in [2.45, 2.75) is 20.8 Å². The van der Waals surface area contributed by atoms with E-state index >= 15 is 0 Å². The molecule has 79 valence electrons. The molecule has 2 rings (SSSR count). The van der Waals surface area contributed by atoms with Crippen LogP contribution in [0, 0.1) is 6.92 Å². The van der Waals surface area contributed by atoms with Gasteiger partial charge in [-0.3, -0.25) is 0 Å². The van der Waals surface area contributed by atoms with E-state index in [-0.39, 0.29) is 32.7 Å². The van der Waals surface area contributed by atoms with Gasteiger partial charge in [-0.2, -0.15) is 6.92 Å². The van der Waals surface area contributed by atoms with E-state index in [0.29, 0.717) is 0 Å². The predicted octanol–water partition coefficient (Wildman–Crippen LogP) is 4.70. The third-order valence-electron chi connectivity index (χ3n) is 1.66. The molecule has 1 radical (unpaired) electrons. The van der Waals surface area contributed by atoms with Gasteiger partial charge in [0.2, 0.25) is 0 Å². The Balaban J connectivity index is 0. The number of hydrogen-bond acceptors (Lipinski definition) is 0. The fourth-order valence-electron chi connectivity index (χ4n) is 1.13. The van der Waals surface area contributed by atoms with Gasteiger partial charge >= 0.3 is 0 Å². The Morgan fingerprint density at radius 3 is 1.07 bits per heavy atom. The summed E-state index contributed by atoms with van der Waals surface area (Å²) in [4.78, 5) is 0. The third kappa shape index (κ3) is 6.07. The molecule has 0 N–H and O–H groups in total. The van der Waals surface area contributed by atoms with Crippen LogP contribution in [-0.2, 0) is 32.7 Å². The Kier molecular flexibility index (Phi) is 13.6. The van der Waals surface area contributed by atoms with Crippen molar-refractivity contribution >= 4 is 10.8 Å². The molecule has 0 bridgehead atoms. The molecule has 0 aliphatic heterocycles. The van der Waals surface area contributed by atoms with Crippen molar-refractivity contribution in [3.05, 3.63) is 55.5 Å². The minimum absolute atomic E-state index is 0. The molecule has 0 aliphatic rings.